The Morgan fingerprint density at radius 2 is 1.82 bits per heavy atom. The van der Waals surface area contributed by atoms with E-state index >= 15 is 0 Å². The molecule has 0 saturated heterocycles. The van der Waals surface area contributed by atoms with Crippen molar-refractivity contribution >= 4 is 11.9 Å². The Labute approximate surface area is 163 Å². The van der Waals surface area contributed by atoms with E-state index in [4.69, 9.17) is 0 Å². The Hall–Kier alpha value is -3.48. The Morgan fingerprint density at radius 3 is 2.39 bits per heavy atom. The smallest absolute Gasteiger partial charge is 0.314 e. The topological polar surface area (TPSA) is 97.1 Å². The molecule has 0 spiro atoms. The Balaban J connectivity index is 1.69. The lowest BCUT2D eigenvalue weighted by molar-refractivity contribution is -0.145. The van der Waals surface area contributed by atoms with Crippen LogP contribution in [-0.2, 0) is 15.0 Å². The minimum atomic E-state index is -1.29. The summed E-state index contributed by atoms with van der Waals surface area (Å²) < 4.78 is 1.64. The summed E-state index contributed by atoms with van der Waals surface area (Å²) in [5.74, 6) is -1.35. The van der Waals surface area contributed by atoms with Crippen molar-refractivity contribution in [3.05, 3.63) is 78.4 Å². The number of nitrogens with one attached hydrogen (secondary N) is 1. The van der Waals surface area contributed by atoms with Crippen LogP contribution >= 0.6 is 0 Å². The molecule has 1 amide bonds. The molecule has 0 bridgehead atoms. The minimum Gasteiger partial charge on any atom is -0.481 e. The highest BCUT2D eigenvalue weighted by atomic mass is 16.4. The van der Waals surface area contributed by atoms with E-state index in [2.05, 4.69) is 15.4 Å². The van der Waals surface area contributed by atoms with Crippen molar-refractivity contribution in [1.29, 1.82) is 0 Å². The van der Waals surface area contributed by atoms with Gasteiger partial charge >= 0.3 is 5.97 Å². The van der Waals surface area contributed by atoms with Crippen LogP contribution in [0.4, 0.5) is 0 Å². The van der Waals surface area contributed by atoms with Crippen LogP contribution in [-0.4, -0.2) is 31.7 Å². The van der Waals surface area contributed by atoms with E-state index in [1.54, 1.807) is 42.2 Å². The van der Waals surface area contributed by atoms with E-state index in [1.807, 2.05) is 37.3 Å². The standard InChI is InChI=1S/C21H22N4O3/c1-15(16-8-10-18(11-9-16)25-14-22-13-23-25)24-19(26)12-21(2,20(27)28)17-6-4-3-5-7-17/h3-11,13-15H,12H2,1-2H3,(H,24,26)(H,27,28)/t15-,21+/m0/s1. The van der Waals surface area contributed by atoms with Crippen molar-refractivity contribution in [3.63, 3.8) is 0 Å². The van der Waals surface area contributed by atoms with Gasteiger partial charge in [0, 0.05) is 6.42 Å². The summed E-state index contributed by atoms with van der Waals surface area (Å²) >= 11 is 0. The number of carboxylic acids is 1. The van der Waals surface area contributed by atoms with Crippen LogP contribution in [0.15, 0.2) is 67.3 Å². The number of aliphatic carboxylic acids is 1. The second-order valence-electron chi connectivity index (χ2n) is 6.90. The molecule has 2 atom stereocenters. The maximum atomic E-state index is 12.6. The van der Waals surface area contributed by atoms with Gasteiger partial charge < -0.3 is 10.4 Å². The van der Waals surface area contributed by atoms with Crippen molar-refractivity contribution in [2.75, 3.05) is 0 Å². The summed E-state index contributed by atoms with van der Waals surface area (Å²) in [6.07, 6.45) is 2.92. The first kappa shape index (κ1) is 19.3. The minimum absolute atomic E-state index is 0.145. The third kappa shape index (κ3) is 4.09. The number of amides is 1. The number of hydrogen-bond donors (Lipinski definition) is 2. The zero-order valence-corrected chi connectivity index (χ0v) is 15.7. The highest BCUT2D eigenvalue weighted by Crippen LogP contribution is 2.28. The number of aromatic nitrogens is 3. The average Bonchev–Trinajstić information content (AvgIpc) is 3.23. The molecule has 3 rings (SSSR count). The lowest BCUT2D eigenvalue weighted by Gasteiger charge is -2.26. The third-order valence-electron chi connectivity index (χ3n) is 4.85. The van der Waals surface area contributed by atoms with Gasteiger partial charge in [0.2, 0.25) is 5.91 Å². The molecule has 0 saturated carbocycles. The molecule has 0 unspecified atom stereocenters. The summed E-state index contributed by atoms with van der Waals surface area (Å²) in [7, 11) is 0. The second-order valence-corrected chi connectivity index (χ2v) is 6.90. The maximum absolute atomic E-state index is 12.6. The molecule has 2 aromatic carbocycles. The van der Waals surface area contributed by atoms with Gasteiger partial charge in [-0.2, -0.15) is 5.10 Å². The monoisotopic (exact) mass is 378 g/mol. The van der Waals surface area contributed by atoms with Crippen LogP contribution in [0.2, 0.25) is 0 Å². The van der Waals surface area contributed by atoms with Crippen LogP contribution in [0.1, 0.15) is 37.4 Å². The van der Waals surface area contributed by atoms with Crippen molar-refractivity contribution in [3.8, 4) is 5.69 Å². The van der Waals surface area contributed by atoms with Gasteiger partial charge in [0.05, 0.1) is 17.1 Å². The van der Waals surface area contributed by atoms with E-state index in [-0.39, 0.29) is 18.4 Å². The summed E-state index contributed by atoms with van der Waals surface area (Å²) in [4.78, 5) is 28.4. The first-order valence-electron chi connectivity index (χ1n) is 8.93. The zero-order chi connectivity index (χ0) is 20.1. The third-order valence-corrected chi connectivity index (χ3v) is 4.85. The van der Waals surface area contributed by atoms with Crippen LogP contribution in [0.5, 0.6) is 0 Å². The van der Waals surface area contributed by atoms with Crippen molar-refractivity contribution in [2.45, 2.75) is 31.7 Å². The van der Waals surface area contributed by atoms with Gasteiger partial charge in [-0.05, 0) is 37.1 Å². The summed E-state index contributed by atoms with van der Waals surface area (Å²) in [5.41, 5.74) is 1.08. The van der Waals surface area contributed by atoms with E-state index in [0.29, 0.717) is 5.56 Å². The molecule has 7 nitrogen and oxygen atoms in total. The molecule has 28 heavy (non-hydrogen) atoms. The molecule has 0 aliphatic rings. The second kappa shape index (κ2) is 8.04. The molecule has 3 aromatic rings. The number of rotatable bonds is 7. The van der Waals surface area contributed by atoms with E-state index in [1.165, 1.54) is 6.33 Å². The largest absolute Gasteiger partial charge is 0.481 e. The maximum Gasteiger partial charge on any atom is 0.314 e. The molecule has 0 fully saturated rings. The summed E-state index contributed by atoms with van der Waals surface area (Å²) in [6.45, 7) is 3.44. The van der Waals surface area contributed by atoms with Crippen LogP contribution in [0, 0.1) is 0 Å². The lowest BCUT2D eigenvalue weighted by Crippen LogP contribution is -2.39. The molecule has 0 aliphatic heterocycles. The first-order valence-corrected chi connectivity index (χ1v) is 8.93. The molecule has 2 N–H and O–H groups in total. The lowest BCUT2D eigenvalue weighted by atomic mass is 9.79. The SMILES string of the molecule is C[C@H](NC(=O)C[C@@](C)(C(=O)O)c1ccccc1)c1ccc(-n2cncn2)cc1. The molecule has 144 valence electrons. The molecule has 0 aliphatic carbocycles. The van der Waals surface area contributed by atoms with Crippen molar-refractivity contribution < 1.29 is 14.7 Å². The molecule has 7 heteroatoms. The molecular formula is C21H22N4O3. The average molecular weight is 378 g/mol. The van der Waals surface area contributed by atoms with Crippen LogP contribution < -0.4 is 5.32 Å². The highest BCUT2D eigenvalue weighted by Gasteiger charge is 2.37. The summed E-state index contributed by atoms with van der Waals surface area (Å²) in [5, 5.41) is 16.7. The number of carbonyl (C=O) groups is 2. The molecule has 1 aromatic heterocycles. The number of hydrogen-bond acceptors (Lipinski definition) is 4. The van der Waals surface area contributed by atoms with Crippen LogP contribution in [0.25, 0.3) is 5.69 Å². The fourth-order valence-electron chi connectivity index (χ4n) is 3.06. The molecule has 1 heterocycles. The van der Waals surface area contributed by atoms with E-state index in [9.17, 15) is 14.7 Å². The number of nitrogens with zero attached hydrogens (tertiary/aromatic N) is 3. The van der Waals surface area contributed by atoms with E-state index < -0.39 is 11.4 Å². The van der Waals surface area contributed by atoms with Crippen molar-refractivity contribution in [1.82, 2.24) is 20.1 Å². The van der Waals surface area contributed by atoms with Gasteiger partial charge in [-0.25, -0.2) is 9.67 Å². The number of benzene rings is 2. The predicted octanol–water partition coefficient (Wildman–Crippen LogP) is 2.88. The van der Waals surface area contributed by atoms with Gasteiger partial charge in [0.25, 0.3) is 0 Å². The van der Waals surface area contributed by atoms with Gasteiger partial charge in [0.15, 0.2) is 0 Å². The molecule has 0 radical (unpaired) electrons. The zero-order valence-electron chi connectivity index (χ0n) is 15.7. The molecular weight excluding hydrogens is 356 g/mol. The van der Waals surface area contributed by atoms with Crippen molar-refractivity contribution in [2.24, 2.45) is 0 Å². The Kier molecular flexibility index (Phi) is 5.54. The van der Waals surface area contributed by atoms with E-state index in [0.717, 1.165) is 11.3 Å². The predicted molar refractivity (Wildman–Crippen MR) is 104 cm³/mol. The Morgan fingerprint density at radius 1 is 1.14 bits per heavy atom. The fourth-order valence-corrected chi connectivity index (χ4v) is 3.06. The number of carboxylic acid groups (broad SMARTS) is 1. The first-order chi connectivity index (χ1) is 13.4. The fraction of sp³-hybridized carbons (Fsp3) is 0.238. The summed E-state index contributed by atoms with van der Waals surface area (Å²) in [6, 6.07) is 16.1. The van der Waals surface area contributed by atoms with Gasteiger partial charge in [0.1, 0.15) is 12.7 Å². The highest BCUT2D eigenvalue weighted by molar-refractivity contribution is 5.89. The van der Waals surface area contributed by atoms with Gasteiger partial charge in [-0.3, -0.25) is 9.59 Å². The van der Waals surface area contributed by atoms with Crippen LogP contribution in [0.3, 0.4) is 0 Å². The van der Waals surface area contributed by atoms with Gasteiger partial charge in [-0.15, -0.1) is 0 Å². The van der Waals surface area contributed by atoms with Gasteiger partial charge in [-0.1, -0.05) is 42.5 Å². The normalized spacial score (nSPS) is 14.1. The number of carbonyl (C=O) groups excluding carboxylic acids is 1. The quantitative estimate of drug-likeness (QED) is 0.659. The Bertz CT molecular complexity index is 940.